The van der Waals surface area contributed by atoms with Crippen LogP contribution >= 0.6 is 0 Å². The molecule has 0 radical (unpaired) electrons. The third-order valence-electron chi connectivity index (χ3n) is 2.89. The molecule has 0 spiro atoms. The zero-order chi connectivity index (χ0) is 16.9. The molecule has 0 aliphatic rings. The van der Waals surface area contributed by atoms with Crippen molar-refractivity contribution in [1.29, 1.82) is 0 Å². The molecule has 0 saturated heterocycles. The number of nitrogens with one attached hydrogen (secondary N) is 1. The van der Waals surface area contributed by atoms with Gasteiger partial charge < -0.3 is 11.1 Å². The van der Waals surface area contributed by atoms with Gasteiger partial charge in [0.05, 0.1) is 11.1 Å². The number of carbonyl (C=O) groups is 2. The van der Waals surface area contributed by atoms with E-state index in [1.807, 2.05) is 0 Å². The van der Waals surface area contributed by atoms with Crippen molar-refractivity contribution in [3.63, 3.8) is 0 Å². The summed E-state index contributed by atoms with van der Waals surface area (Å²) < 4.78 is 38.6. The molecule has 0 bridgehead atoms. The number of alkyl halides is 3. The fourth-order valence-corrected chi connectivity index (χ4v) is 1.76. The normalized spacial score (nSPS) is 12.4. The van der Waals surface area contributed by atoms with Gasteiger partial charge in [-0.05, 0) is 32.4 Å². The zero-order valence-corrected chi connectivity index (χ0v) is 12.2. The minimum absolute atomic E-state index is 0.123. The van der Waals surface area contributed by atoms with E-state index in [0.29, 0.717) is 0 Å². The van der Waals surface area contributed by atoms with Gasteiger partial charge in [0.2, 0.25) is 5.91 Å². The number of halogens is 3. The molecule has 120 valence electrons. The number of rotatable bonds is 5. The highest BCUT2D eigenvalue weighted by Crippen LogP contribution is 2.31. The van der Waals surface area contributed by atoms with Crippen molar-refractivity contribution in [2.24, 2.45) is 5.73 Å². The number of carbonyl (C=O) groups excluding carboxylic acids is 2. The van der Waals surface area contributed by atoms with E-state index in [4.69, 9.17) is 5.73 Å². The molecule has 7 heteroatoms. The summed E-state index contributed by atoms with van der Waals surface area (Å²) in [6, 6.07) is 3.30. The van der Waals surface area contributed by atoms with E-state index in [9.17, 15) is 22.8 Å². The molecule has 0 fully saturated rings. The van der Waals surface area contributed by atoms with Crippen molar-refractivity contribution >= 4 is 11.8 Å². The number of benzene rings is 1. The Morgan fingerprint density at radius 1 is 1.27 bits per heavy atom. The third-order valence-corrected chi connectivity index (χ3v) is 2.89. The molecule has 0 aliphatic heterocycles. The van der Waals surface area contributed by atoms with Gasteiger partial charge in [-0.3, -0.25) is 9.59 Å². The van der Waals surface area contributed by atoms with Crippen molar-refractivity contribution in [2.45, 2.75) is 32.5 Å². The molecule has 0 aromatic heterocycles. The molecular weight excluding hydrogens is 297 g/mol. The molecule has 1 aromatic rings. The van der Waals surface area contributed by atoms with Crippen molar-refractivity contribution in [2.75, 3.05) is 0 Å². The second-order valence-corrected chi connectivity index (χ2v) is 4.99. The molecular formula is C15H17F3N2O2. The lowest BCUT2D eigenvalue weighted by Crippen LogP contribution is -2.44. The summed E-state index contributed by atoms with van der Waals surface area (Å²) in [6.07, 6.45) is -2.86. The first-order chi connectivity index (χ1) is 10.1. The molecule has 22 heavy (non-hydrogen) atoms. The van der Waals surface area contributed by atoms with Crippen LogP contribution < -0.4 is 11.1 Å². The van der Waals surface area contributed by atoms with Gasteiger partial charge in [0, 0.05) is 0 Å². The average molecular weight is 314 g/mol. The van der Waals surface area contributed by atoms with E-state index in [1.165, 1.54) is 12.1 Å². The molecule has 1 rings (SSSR count). The quantitative estimate of drug-likeness (QED) is 0.820. The van der Waals surface area contributed by atoms with Crippen LogP contribution in [0.3, 0.4) is 0 Å². The molecule has 1 aromatic carbocycles. The van der Waals surface area contributed by atoms with E-state index in [-0.39, 0.29) is 6.42 Å². The Morgan fingerprint density at radius 3 is 2.36 bits per heavy atom. The van der Waals surface area contributed by atoms with Crippen LogP contribution in [-0.2, 0) is 11.0 Å². The monoisotopic (exact) mass is 314 g/mol. The van der Waals surface area contributed by atoms with Crippen LogP contribution in [0, 0.1) is 0 Å². The van der Waals surface area contributed by atoms with Gasteiger partial charge in [-0.15, -0.1) is 0 Å². The molecule has 1 atom stereocenters. The minimum atomic E-state index is -4.66. The molecule has 4 nitrogen and oxygen atoms in total. The lowest BCUT2D eigenvalue weighted by Gasteiger charge is -2.16. The van der Waals surface area contributed by atoms with Gasteiger partial charge in [-0.1, -0.05) is 23.8 Å². The third kappa shape index (κ3) is 4.91. The fraction of sp³-hybridized carbons (Fsp3) is 0.333. The van der Waals surface area contributed by atoms with E-state index >= 15 is 0 Å². The highest BCUT2D eigenvalue weighted by Gasteiger charge is 2.35. The van der Waals surface area contributed by atoms with E-state index in [0.717, 1.165) is 17.7 Å². The van der Waals surface area contributed by atoms with Crippen LogP contribution in [0.1, 0.15) is 36.2 Å². The van der Waals surface area contributed by atoms with Gasteiger partial charge in [-0.25, -0.2) is 0 Å². The minimum Gasteiger partial charge on any atom is -0.368 e. The average Bonchev–Trinajstić information content (AvgIpc) is 2.41. The summed E-state index contributed by atoms with van der Waals surface area (Å²) in [4.78, 5) is 23.3. The van der Waals surface area contributed by atoms with Crippen LogP contribution in [-0.4, -0.2) is 17.9 Å². The number of nitrogens with two attached hydrogens (primary N) is 1. The maximum atomic E-state index is 12.9. The maximum Gasteiger partial charge on any atom is 0.417 e. The lowest BCUT2D eigenvalue weighted by molar-refractivity contribution is -0.137. The van der Waals surface area contributed by atoms with Crippen molar-refractivity contribution in [1.82, 2.24) is 5.32 Å². The number of primary amides is 1. The largest absolute Gasteiger partial charge is 0.417 e. The van der Waals surface area contributed by atoms with Crippen LogP contribution in [0.4, 0.5) is 13.2 Å². The predicted molar refractivity (Wildman–Crippen MR) is 75.9 cm³/mol. The number of allylic oxidation sites excluding steroid dienone is 1. The van der Waals surface area contributed by atoms with Crippen LogP contribution in [0.25, 0.3) is 0 Å². The second kappa shape index (κ2) is 7.11. The number of hydrogen-bond donors (Lipinski definition) is 2. The Bertz CT molecular complexity index is 591. The van der Waals surface area contributed by atoms with E-state index < -0.39 is 35.2 Å². The standard InChI is InChI=1S/C15H17F3N2O2/c1-9(2)7-8-12(13(19)21)20-14(22)10-5-3-4-6-11(10)15(16,17)18/h3-7,12H,8H2,1-2H3,(H2,19,21)(H,20,22)/t12-/m1/s1. The van der Waals surface area contributed by atoms with Crippen molar-refractivity contribution < 1.29 is 22.8 Å². The molecule has 0 heterocycles. The first kappa shape index (κ1) is 17.7. The van der Waals surface area contributed by atoms with Gasteiger partial charge in [-0.2, -0.15) is 13.2 Å². The first-order valence-corrected chi connectivity index (χ1v) is 6.52. The summed E-state index contributed by atoms with van der Waals surface area (Å²) >= 11 is 0. The first-order valence-electron chi connectivity index (χ1n) is 6.52. The van der Waals surface area contributed by atoms with Gasteiger partial charge in [0.1, 0.15) is 6.04 Å². The topological polar surface area (TPSA) is 72.2 Å². The SMILES string of the molecule is CC(C)=CC[C@@H](NC(=O)c1ccccc1C(F)(F)F)C(N)=O. The highest BCUT2D eigenvalue weighted by molar-refractivity contribution is 5.98. The Labute approximate surface area is 126 Å². The number of hydrogen-bond acceptors (Lipinski definition) is 2. The van der Waals surface area contributed by atoms with Gasteiger partial charge in [0.25, 0.3) is 5.91 Å². The molecule has 3 N–H and O–H groups in total. The molecule has 0 aliphatic carbocycles. The van der Waals surface area contributed by atoms with Crippen LogP contribution in [0.5, 0.6) is 0 Å². The smallest absolute Gasteiger partial charge is 0.368 e. The van der Waals surface area contributed by atoms with E-state index in [1.54, 1.807) is 19.9 Å². The zero-order valence-electron chi connectivity index (χ0n) is 12.2. The van der Waals surface area contributed by atoms with Gasteiger partial charge >= 0.3 is 6.18 Å². The second-order valence-electron chi connectivity index (χ2n) is 4.99. The Morgan fingerprint density at radius 2 is 1.86 bits per heavy atom. The Hall–Kier alpha value is -2.31. The van der Waals surface area contributed by atoms with Crippen LogP contribution in [0.2, 0.25) is 0 Å². The lowest BCUT2D eigenvalue weighted by atomic mass is 10.1. The fourth-order valence-electron chi connectivity index (χ4n) is 1.76. The Balaban J connectivity index is 3.01. The summed E-state index contributed by atoms with van der Waals surface area (Å²) in [5.74, 6) is -1.80. The summed E-state index contributed by atoms with van der Waals surface area (Å²) in [5.41, 5.74) is 4.47. The van der Waals surface area contributed by atoms with E-state index in [2.05, 4.69) is 5.32 Å². The predicted octanol–water partition coefficient (Wildman–Crippen LogP) is 2.65. The van der Waals surface area contributed by atoms with Crippen molar-refractivity contribution in [3.05, 3.63) is 47.0 Å². The Kier molecular flexibility index (Phi) is 5.73. The summed E-state index contributed by atoms with van der Waals surface area (Å²) in [5, 5.41) is 2.24. The summed E-state index contributed by atoms with van der Waals surface area (Å²) in [6.45, 7) is 3.58. The van der Waals surface area contributed by atoms with Crippen LogP contribution in [0.15, 0.2) is 35.9 Å². The number of amides is 2. The molecule has 0 unspecified atom stereocenters. The van der Waals surface area contributed by atoms with Gasteiger partial charge in [0.15, 0.2) is 0 Å². The maximum absolute atomic E-state index is 12.9. The molecule has 2 amide bonds. The molecule has 0 saturated carbocycles. The summed E-state index contributed by atoms with van der Waals surface area (Å²) in [7, 11) is 0. The highest BCUT2D eigenvalue weighted by atomic mass is 19.4. The van der Waals surface area contributed by atoms with Crippen molar-refractivity contribution in [3.8, 4) is 0 Å².